The Bertz CT molecular complexity index is 838. The number of hydrogen-bond donors (Lipinski definition) is 1. The van der Waals surface area contributed by atoms with Gasteiger partial charge in [0.1, 0.15) is 5.82 Å². The number of hydrogen-bond acceptors (Lipinski definition) is 4. The van der Waals surface area contributed by atoms with Crippen molar-refractivity contribution in [3.63, 3.8) is 0 Å². The minimum absolute atomic E-state index is 0.0437. The molecule has 4 nitrogen and oxygen atoms in total. The van der Waals surface area contributed by atoms with Gasteiger partial charge in [0.05, 0.1) is 0 Å². The number of rotatable bonds is 4. The second-order valence-electron chi connectivity index (χ2n) is 7.05. The Morgan fingerprint density at radius 3 is 2.28 bits per heavy atom. The smallest absolute Gasteiger partial charge is 0.229 e. The van der Waals surface area contributed by atoms with Crippen LogP contribution in [-0.4, -0.2) is 17.0 Å². The van der Waals surface area contributed by atoms with Crippen LogP contribution in [0.25, 0.3) is 0 Å². The van der Waals surface area contributed by atoms with E-state index in [9.17, 15) is 0 Å². The van der Waals surface area contributed by atoms with Crippen LogP contribution < -0.4 is 10.2 Å². The summed E-state index contributed by atoms with van der Waals surface area (Å²) in [5.41, 5.74) is 3.40. The molecule has 25 heavy (non-hydrogen) atoms. The number of benzene rings is 2. The van der Waals surface area contributed by atoms with Gasteiger partial charge < -0.3 is 10.2 Å². The Balaban J connectivity index is 1.89. The first kappa shape index (κ1) is 17.0. The summed E-state index contributed by atoms with van der Waals surface area (Å²) >= 11 is 0. The van der Waals surface area contributed by atoms with E-state index in [0.717, 1.165) is 17.2 Å². The Morgan fingerprint density at radius 1 is 0.880 bits per heavy atom. The zero-order valence-corrected chi connectivity index (χ0v) is 15.2. The van der Waals surface area contributed by atoms with Crippen LogP contribution in [0, 0.1) is 0 Å². The highest BCUT2D eigenvalue weighted by Crippen LogP contribution is 2.31. The van der Waals surface area contributed by atoms with Gasteiger partial charge in [-0.1, -0.05) is 57.2 Å². The summed E-state index contributed by atoms with van der Waals surface area (Å²) in [6.07, 6.45) is 1.78. The maximum Gasteiger partial charge on any atom is 0.229 e. The third kappa shape index (κ3) is 3.97. The third-order valence-corrected chi connectivity index (χ3v) is 4.11. The van der Waals surface area contributed by atoms with Crippen LogP contribution in [0.2, 0.25) is 0 Å². The summed E-state index contributed by atoms with van der Waals surface area (Å²) in [6.45, 7) is 6.61. The van der Waals surface area contributed by atoms with Crippen molar-refractivity contribution in [3.05, 3.63) is 72.4 Å². The van der Waals surface area contributed by atoms with E-state index in [1.54, 1.807) is 6.20 Å². The highest BCUT2D eigenvalue weighted by molar-refractivity contribution is 5.63. The first-order valence-electron chi connectivity index (χ1n) is 8.43. The number of anilines is 4. The Hall–Kier alpha value is -2.88. The van der Waals surface area contributed by atoms with Crippen molar-refractivity contribution in [2.45, 2.75) is 26.2 Å². The van der Waals surface area contributed by atoms with Gasteiger partial charge in [-0.3, -0.25) is 0 Å². The second-order valence-corrected chi connectivity index (χ2v) is 7.05. The Labute approximate surface area is 149 Å². The zero-order chi connectivity index (χ0) is 17.9. The lowest BCUT2D eigenvalue weighted by atomic mass is 9.86. The second kappa shape index (κ2) is 6.93. The van der Waals surface area contributed by atoms with Crippen LogP contribution in [0.3, 0.4) is 0 Å². The topological polar surface area (TPSA) is 41.1 Å². The lowest BCUT2D eigenvalue weighted by Gasteiger charge is -2.23. The van der Waals surface area contributed by atoms with Gasteiger partial charge in [0, 0.05) is 24.6 Å². The van der Waals surface area contributed by atoms with Crippen LogP contribution in [0.1, 0.15) is 26.3 Å². The largest absolute Gasteiger partial charge is 0.329 e. The molecule has 0 aliphatic carbocycles. The van der Waals surface area contributed by atoms with Crippen LogP contribution in [-0.2, 0) is 5.41 Å². The highest BCUT2D eigenvalue weighted by Gasteiger charge is 2.18. The van der Waals surface area contributed by atoms with Gasteiger partial charge in [-0.2, -0.15) is 4.98 Å². The average Bonchev–Trinajstić information content (AvgIpc) is 2.62. The summed E-state index contributed by atoms with van der Waals surface area (Å²) in [5, 5.41) is 3.38. The Kier molecular flexibility index (Phi) is 4.70. The number of para-hydroxylation sites is 2. The monoisotopic (exact) mass is 332 g/mol. The van der Waals surface area contributed by atoms with E-state index in [0.29, 0.717) is 5.95 Å². The van der Waals surface area contributed by atoms with Crippen LogP contribution in [0.5, 0.6) is 0 Å². The quantitative estimate of drug-likeness (QED) is 0.705. The average molecular weight is 332 g/mol. The van der Waals surface area contributed by atoms with Crippen LogP contribution in [0.4, 0.5) is 23.1 Å². The van der Waals surface area contributed by atoms with Gasteiger partial charge in [-0.15, -0.1) is 0 Å². The zero-order valence-electron chi connectivity index (χ0n) is 15.2. The van der Waals surface area contributed by atoms with Gasteiger partial charge in [0.15, 0.2) is 0 Å². The van der Waals surface area contributed by atoms with E-state index in [1.165, 1.54) is 5.56 Å². The van der Waals surface area contributed by atoms with Gasteiger partial charge in [-0.25, -0.2) is 4.98 Å². The third-order valence-electron chi connectivity index (χ3n) is 4.11. The van der Waals surface area contributed by atoms with Gasteiger partial charge >= 0.3 is 0 Å². The number of aromatic nitrogens is 2. The molecule has 0 unspecified atom stereocenters. The molecule has 128 valence electrons. The Morgan fingerprint density at radius 2 is 1.56 bits per heavy atom. The van der Waals surface area contributed by atoms with Crippen molar-refractivity contribution in [2.24, 2.45) is 0 Å². The van der Waals surface area contributed by atoms with Crippen molar-refractivity contribution >= 4 is 23.1 Å². The van der Waals surface area contributed by atoms with Crippen molar-refractivity contribution in [3.8, 4) is 0 Å². The fourth-order valence-electron chi connectivity index (χ4n) is 2.75. The van der Waals surface area contributed by atoms with E-state index in [4.69, 9.17) is 0 Å². The molecule has 1 aromatic heterocycles. The van der Waals surface area contributed by atoms with Crippen molar-refractivity contribution < 1.29 is 0 Å². The van der Waals surface area contributed by atoms with Crippen molar-refractivity contribution in [2.75, 3.05) is 17.3 Å². The summed E-state index contributed by atoms with van der Waals surface area (Å²) in [4.78, 5) is 11.1. The fraction of sp³-hybridized carbons (Fsp3) is 0.238. The molecular formula is C21H24N4. The molecule has 3 rings (SSSR count). The van der Waals surface area contributed by atoms with Crippen LogP contribution >= 0.6 is 0 Å². The minimum atomic E-state index is 0.0437. The van der Waals surface area contributed by atoms with E-state index in [2.05, 4.69) is 66.4 Å². The molecule has 0 aliphatic heterocycles. The number of nitrogens with zero attached hydrogens (tertiary/aromatic N) is 3. The van der Waals surface area contributed by atoms with Gasteiger partial charge in [-0.05, 0) is 35.2 Å². The number of nitrogens with one attached hydrogen (secondary N) is 1. The summed E-state index contributed by atoms with van der Waals surface area (Å²) in [6, 6.07) is 20.4. The van der Waals surface area contributed by atoms with E-state index in [1.807, 2.05) is 42.3 Å². The minimum Gasteiger partial charge on any atom is -0.329 e. The molecule has 0 fully saturated rings. The molecule has 0 aliphatic rings. The molecule has 0 radical (unpaired) electrons. The molecule has 3 aromatic rings. The van der Waals surface area contributed by atoms with Gasteiger partial charge in [0.25, 0.3) is 0 Å². The maximum atomic E-state index is 4.67. The molecule has 1 N–H and O–H groups in total. The standard InChI is InChI=1S/C21H24N4/c1-21(2,3)17-12-8-9-13-18(17)23-20-22-15-14-19(24-20)25(4)16-10-6-5-7-11-16/h5-15H,1-4H3,(H,22,23,24). The van der Waals surface area contributed by atoms with Gasteiger partial charge in [0.2, 0.25) is 5.95 Å². The fourth-order valence-corrected chi connectivity index (χ4v) is 2.75. The summed E-state index contributed by atoms with van der Waals surface area (Å²) in [5.74, 6) is 1.44. The van der Waals surface area contributed by atoms with Crippen molar-refractivity contribution in [1.82, 2.24) is 9.97 Å². The lowest BCUT2D eigenvalue weighted by Crippen LogP contribution is -2.15. The predicted molar refractivity (Wildman–Crippen MR) is 105 cm³/mol. The molecule has 0 saturated carbocycles. The molecule has 4 heteroatoms. The first-order chi connectivity index (χ1) is 11.9. The molecule has 1 heterocycles. The summed E-state index contributed by atoms with van der Waals surface area (Å²) < 4.78 is 0. The van der Waals surface area contributed by atoms with Crippen LogP contribution in [0.15, 0.2) is 66.9 Å². The molecule has 0 atom stereocenters. The van der Waals surface area contributed by atoms with E-state index < -0.39 is 0 Å². The molecule has 0 spiro atoms. The molecule has 0 bridgehead atoms. The highest BCUT2D eigenvalue weighted by atomic mass is 15.2. The summed E-state index contributed by atoms with van der Waals surface area (Å²) in [7, 11) is 2.00. The van der Waals surface area contributed by atoms with E-state index in [-0.39, 0.29) is 5.41 Å². The van der Waals surface area contributed by atoms with E-state index >= 15 is 0 Å². The van der Waals surface area contributed by atoms with Crippen molar-refractivity contribution in [1.29, 1.82) is 0 Å². The first-order valence-corrected chi connectivity index (χ1v) is 8.43. The molecule has 0 amide bonds. The molecular weight excluding hydrogens is 308 g/mol. The SMILES string of the molecule is CN(c1ccccc1)c1ccnc(Nc2ccccc2C(C)(C)C)n1. The lowest BCUT2D eigenvalue weighted by molar-refractivity contribution is 0.592. The molecule has 2 aromatic carbocycles. The predicted octanol–water partition coefficient (Wildman–Crippen LogP) is 5.29. The maximum absolute atomic E-state index is 4.67. The molecule has 0 saturated heterocycles. The normalized spacial score (nSPS) is 11.2.